The van der Waals surface area contributed by atoms with Crippen molar-refractivity contribution in [2.45, 2.75) is 31.5 Å². The van der Waals surface area contributed by atoms with Gasteiger partial charge in [0.1, 0.15) is 12.0 Å². The number of anilines is 1. The Labute approximate surface area is 148 Å². The van der Waals surface area contributed by atoms with Crippen molar-refractivity contribution in [3.05, 3.63) is 54.1 Å². The average molecular weight is 356 g/mol. The smallest absolute Gasteiger partial charge is 0.252 e. The van der Waals surface area contributed by atoms with Gasteiger partial charge in [0.2, 0.25) is 0 Å². The van der Waals surface area contributed by atoms with E-state index < -0.39 is 12.1 Å². The molecule has 2 heterocycles. The van der Waals surface area contributed by atoms with E-state index in [1.54, 1.807) is 22.8 Å². The molecule has 3 aromatic rings. The first-order chi connectivity index (χ1) is 12.5. The van der Waals surface area contributed by atoms with Crippen molar-refractivity contribution >= 4 is 17.1 Å². The number of fused-ring (bicyclic) bond motifs is 1. The zero-order chi connectivity index (χ0) is 18.3. The number of primary amides is 1. The van der Waals surface area contributed by atoms with Crippen molar-refractivity contribution in [2.75, 3.05) is 5.32 Å². The van der Waals surface area contributed by atoms with Gasteiger partial charge >= 0.3 is 0 Å². The number of carbonyl (C=O) groups excluding carboxylic acids is 1. The number of aromatic nitrogens is 2. The molecule has 0 saturated heterocycles. The van der Waals surface area contributed by atoms with Crippen LogP contribution in [0, 0.1) is 5.82 Å². The molecule has 134 valence electrons. The molecule has 0 bridgehead atoms. The molecular formula is C19H18F2N4O. The van der Waals surface area contributed by atoms with Gasteiger partial charge in [0.25, 0.3) is 5.91 Å². The van der Waals surface area contributed by atoms with E-state index in [2.05, 4.69) is 10.4 Å². The second-order valence-corrected chi connectivity index (χ2v) is 6.56. The molecule has 0 radical (unpaired) electrons. The van der Waals surface area contributed by atoms with Crippen LogP contribution >= 0.6 is 0 Å². The predicted molar refractivity (Wildman–Crippen MR) is 95.3 cm³/mol. The topological polar surface area (TPSA) is 72.4 Å². The molecule has 1 amide bonds. The van der Waals surface area contributed by atoms with Crippen LogP contribution < -0.4 is 11.1 Å². The Bertz CT molecular complexity index is 968. The molecule has 2 atom stereocenters. The number of alkyl halides is 1. The van der Waals surface area contributed by atoms with Gasteiger partial charge in [-0.3, -0.25) is 4.79 Å². The predicted octanol–water partition coefficient (Wildman–Crippen LogP) is 3.54. The van der Waals surface area contributed by atoms with Gasteiger partial charge < -0.3 is 11.1 Å². The van der Waals surface area contributed by atoms with Gasteiger partial charge in [-0.05, 0) is 43.0 Å². The molecule has 1 fully saturated rings. The lowest BCUT2D eigenvalue weighted by atomic mass is 10.1. The summed E-state index contributed by atoms with van der Waals surface area (Å²) >= 11 is 0. The second kappa shape index (κ2) is 6.40. The van der Waals surface area contributed by atoms with Gasteiger partial charge in [0.15, 0.2) is 0 Å². The van der Waals surface area contributed by atoms with Crippen LogP contribution in [0.5, 0.6) is 0 Å². The summed E-state index contributed by atoms with van der Waals surface area (Å²) in [6.07, 6.45) is 4.20. The first-order valence-corrected chi connectivity index (χ1v) is 8.50. The van der Waals surface area contributed by atoms with Gasteiger partial charge in [-0.15, -0.1) is 0 Å². The van der Waals surface area contributed by atoms with Crippen LogP contribution in [0.15, 0.2) is 42.7 Å². The van der Waals surface area contributed by atoms with Crippen molar-refractivity contribution in [2.24, 2.45) is 5.73 Å². The molecule has 4 rings (SSSR count). The molecule has 0 spiro atoms. The molecule has 7 heteroatoms. The fourth-order valence-corrected chi connectivity index (χ4v) is 3.46. The monoisotopic (exact) mass is 356 g/mol. The zero-order valence-electron chi connectivity index (χ0n) is 14.0. The summed E-state index contributed by atoms with van der Waals surface area (Å²) in [5, 5.41) is 7.39. The Morgan fingerprint density at radius 2 is 2.00 bits per heavy atom. The van der Waals surface area contributed by atoms with Crippen LogP contribution in [0.2, 0.25) is 0 Å². The molecule has 2 aromatic heterocycles. The fraction of sp³-hybridized carbons (Fsp3) is 0.263. The number of amides is 1. The van der Waals surface area contributed by atoms with E-state index in [1.807, 2.05) is 6.07 Å². The normalized spacial score (nSPS) is 19.8. The van der Waals surface area contributed by atoms with Crippen LogP contribution in [-0.4, -0.2) is 27.7 Å². The summed E-state index contributed by atoms with van der Waals surface area (Å²) in [6.45, 7) is 0. The van der Waals surface area contributed by atoms with Gasteiger partial charge in [-0.2, -0.15) is 5.10 Å². The van der Waals surface area contributed by atoms with Gasteiger partial charge in [-0.1, -0.05) is 12.1 Å². The summed E-state index contributed by atoms with van der Waals surface area (Å²) in [5.41, 5.74) is 8.44. The Kier molecular flexibility index (Phi) is 4.06. The number of nitrogens with two attached hydrogens (primary N) is 1. The summed E-state index contributed by atoms with van der Waals surface area (Å²) in [7, 11) is 0. The van der Waals surface area contributed by atoms with Crippen molar-refractivity contribution in [1.82, 2.24) is 9.61 Å². The number of hydrogen-bond donors (Lipinski definition) is 2. The van der Waals surface area contributed by atoms with Crippen LogP contribution in [0.4, 0.5) is 14.5 Å². The molecule has 1 saturated carbocycles. The van der Waals surface area contributed by atoms with Crippen LogP contribution in [-0.2, 0) is 0 Å². The summed E-state index contributed by atoms with van der Waals surface area (Å²) in [4.78, 5) is 11.8. The quantitative estimate of drug-likeness (QED) is 0.751. The number of halogens is 2. The number of benzene rings is 1. The second-order valence-electron chi connectivity index (χ2n) is 6.56. The molecule has 1 aromatic carbocycles. The van der Waals surface area contributed by atoms with E-state index in [0.717, 1.165) is 17.5 Å². The maximum Gasteiger partial charge on any atom is 0.252 e. The molecule has 1 aliphatic carbocycles. The zero-order valence-corrected chi connectivity index (χ0v) is 14.0. The molecular weight excluding hydrogens is 338 g/mol. The van der Waals surface area contributed by atoms with Crippen molar-refractivity contribution in [3.8, 4) is 11.1 Å². The highest BCUT2D eigenvalue weighted by Gasteiger charge is 2.28. The van der Waals surface area contributed by atoms with Gasteiger partial charge in [-0.25, -0.2) is 13.3 Å². The van der Waals surface area contributed by atoms with Crippen molar-refractivity contribution < 1.29 is 13.6 Å². The van der Waals surface area contributed by atoms with Crippen LogP contribution in [0.3, 0.4) is 0 Å². The SMILES string of the molecule is NC(=O)c1cnn2cc(-c3ccc(F)cc3)cc2c1N[C@@H]1CCC[C@@H]1F. The van der Waals surface area contributed by atoms with Crippen LogP contribution in [0.25, 0.3) is 16.6 Å². The highest BCUT2D eigenvalue weighted by molar-refractivity contribution is 6.02. The molecule has 0 unspecified atom stereocenters. The van der Waals surface area contributed by atoms with Gasteiger partial charge in [0.05, 0.1) is 29.0 Å². The minimum absolute atomic E-state index is 0.223. The molecule has 3 N–H and O–H groups in total. The van der Waals surface area contributed by atoms with E-state index >= 15 is 0 Å². The summed E-state index contributed by atoms with van der Waals surface area (Å²) in [5.74, 6) is -0.940. The third-order valence-corrected chi connectivity index (χ3v) is 4.84. The largest absolute Gasteiger partial charge is 0.377 e. The number of nitrogens with one attached hydrogen (secondary N) is 1. The maximum absolute atomic E-state index is 14.1. The first kappa shape index (κ1) is 16.5. The summed E-state index contributed by atoms with van der Waals surface area (Å²) in [6, 6.07) is 7.57. The lowest BCUT2D eigenvalue weighted by molar-refractivity contribution is 0.100. The van der Waals surface area contributed by atoms with E-state index in [-0.39, 0.29) is 17.4 Å². The van der Waals surface area contributed by atoms with Crippen LogP contribution in [0.1, 0.15) is 29.6 Å². The lowest BCUT2D eigenvalue weighted by Gasteiger charge is -2.19. The number of hydrogen-bond acceptors (Lipinski definition) is 3. The summed E-state index contributed by atoms with van der Waals surface area (Å²) < 4.78 is 28.8. The average Bonchev–Trinajstić information content (AvgIpc) is 3.22. The molecule has 0 aliphatic heterocycles. The number of carbonyl (C=O) groups is 1. The van der Waals surface area contributed by atoms with Crippen molar-refractivity contribution in [3.63, 3.8) is 0 Å². The Morgan fingerprint density at radius 1 is 1.23 bits per heavy atom. The Hall–Kier alpha value is -2.96. The number of rotatable bonds is 4. The van der Waals surface area contributed by atoms with Gasteiger partial charge in [0, 0.05) is 11.8 Å². The fourth-order valence-electron chi connectivity index (χ4n) is 3.46. The minimum atomic E-state index is -0.963. The third-order valence-electron chi connectivity index (χ3n) is 4.84. The van der Waals surface area contributed by atoms with E-state index in [1.165, 1.54) is 18.3 Å². The minimum Gasteiger partial charge on any atom is -0.377 e. The molecule has 5 nitrogen and oxygen atoms in total. The highest BCUT2D eigenvalue weighted by atomic mass is 19.1. The third kappa shape index (κ3) is 2.89. The standard InChI is InChI=1S/C19H18F2N4O/c20-13-6-4-11(5-7-13)12-8-17-18(24-16-3-1-2-15(16)21)14(19(22)26)9-23-25(17)10-12/h4-10,15-16,24H,1-3H2,(H2,22,26)/t15-,16+/m0/s1. The first-order valence-electron chi connectivity index (χ1n) is 8.50. The van der Waals surface area contributed by atoms with E-state index in [0.29, 0.717) is 24.0 Å². The van der Waals surface area contributed by atoms with Crippen molar-refractivity contribution in [1.29, 1.82) is 0 Å². The molecule has 1 aliphatic rings. The van der Waals surface area contributed by atoms with E-state index in [9.17, 15) is 13.6 Å². The highest BCUT2D eigenvalue weighted by Crippen LogP contribution is 2.32. The number of nitrogens with zero attached hydrogens (tertiary/aromatic N) is 2. The Balaban J connectivity index is 1.82. The maximum atomic E-state index is 14.1. The van der Waals surface area contributed by atoms with E-state index in [4.69, 9.17) is 5.73 Å². The Morgan fingerprint density at radius 3 is 2.65 bits per heavy atom. The molecule has 26 heavy (non-hydrogen) atoms. The lowest BCUT2D eigenvalue weighted by Crippen LogP contribution is -2.27.